The van der Waals surface area contributed by atoms with E-state index < -0.39 is 17.7 Å². The highest BCUT2D eigenvalue weighted by molar-refractivity contribution is 5.89. The minimum absolute atomic E-state index is 0.0680. The first-order valence-corrected chi connectivity index (χ1v) is 5.97. The third-order valence-corrected chi connectivity index (χ3v) is 2.67. The summed E-state index contributed by atoms with van der Waals surface area (Å²) in [5.41, 5.74) is -0.0680. The van der Waals surface area contributed by atoms with Gasteiger partial charge in [0.2, 0.25) is 0 Å². The maximum atomic E-state index is 13.3. The van der Waals surface area contributed by atoms with E-state index in [1.54, 1.807) is 0 Å². The van der Waals surface area contributed by atoms with E-state index in [1.165, 1.54) is 6.07 Å². The number of nitrogens with one attached hydrogen (secondary N) is 3. The Morgan fingerprint density at radius 3 is 3.00 bits per heavy atom. The number of morpholine rings is 1. The lowest BCUT2D eigenvalue weighted by Gasteiger charge is -2.23. The van der Waals surface area contributed by atoms with Gasteiger partial charge in [-0.3, -0.25) is 0 Å². The molecule has 1 aliphatic heterocycles. The van der Waals surface area contributed by atoms with Crippen molar-refractivity contribution in [1.82, 2.24) is 10.6 Å². The Morgan fingerprint density at radius 1 is 1.47 bits per heavy atom. The zero-order chi connectivity index (χ0) is 13.7. The van der Waals surface area contributed by atoms with Gasteiger partial charge >= 0.3 is 6.03 Å². The summed E-state index contributed by atoms with van der Waals surface area (Å²) in [5.74, 6) is -1.50. The lowest BCUT2D eigenvalue weighted by Crippen LogP contribution is -2.46. The standard InChI is InChI=1S/C12H15F2N3O2/c13-8-1-2-11(10(14)5-8)17-12(18)16-7-9-6-15-3-4-19-9/h1-2,5,9,15H,3-4,6-7H2,(H2,16,17,18). The molecule has 1 aromatic rings. The Balaban J connectivity index is 1.80. The smallest absolute Gasteiger partial charge is 0.319 e. The van der Waals surface area contributed by atoms with E-state index in [0.29, 0.717) is 25.8 Å². The Morgan fingerprint density at radius 2 is 2.32 bits per heavy atom. The molecule has 0 aromatic heterocycles. The highest BCUT2D eigenvalue weighted by atomic mass is 19.1. The van der Waals surface area contributed by atoms with Gasteiger partial charge in [0.05, 0.1) is 18.4 Å². The fourth-order valence-corrected chi connectivity index (χ4v) is 1.71. The van der Waals surface area contributed by atoms with Crippen molar-refractivity contribution in [2.45, 2.75) is 6.10 Å². The number of carbonyl (C=O) groups is 1. The lowest BCUT2D eigenvalue weighted by molar-refractivity contribution is 0.0310. The Kier molecular flexibility index (Phi) is 4.64. The third kappa shape index (κ3) is 4.15. The van der Waals surface area contributed by atoms with Gasteiger partial charge in [-0.15, -0.1) is 0 Å². The number of ether oxygens (including phenoxy) is 1. The third-order valence-electron chi connectivity index (χ3n) is 2.67. The van der Waals surface area contributed by atoms with Crippen LogP contribution in [0.2, 0.25) is 0 Å². The molecule has 1 heterocycles. The minimum atomic E-state index is -0.814. The van der Waals surface area contributed by atoms with E-state index in [1.807, 2.05) is 0 Å². The average molecular weight is 271 g/mol. The summed E-state index contributed by atoms with van der Waals surface area (Å²) in [6.07, 6.45) is -0.0995. The van der Waals surface area contributed by atoms with E-state index in [4.69, 9.17) is 4.74 Å². The van der Waals surface area contributed by atoms with Gasteiger partial charge in [0.15, 0.2) is 0 Å². The Labute approximate surface area is 109 Å². The first-order valence-electron chi connectivity index (χ1n) is 5.97. The lowest BCUT2D eigenvalue weighted by atomic mass is 10.3. The number of carbonyl (C=O) groups excluding carboxylic acids is 1. The number of rotatable bonds is 3. The first-order chi connectivity index (χ1) is 9.15. The van der Waals surface area contributed by atoms with E-state index in [0.717, 1.165) is 12.6 Å². The molecule has 1 unspecified atom stereocenters. The van der Waals surface area contributed by atoms with Crippen LogP contribution in [-0.2, 0) is 4.74 Å². The summed E-state index contributed by atoms with van der Waals surface area (Å²) in [6, 6.07) is 2.40. The zero-order valence-electron chi connectivity index (χ0n) is 10.2. The maximum Gasteiger partial charge on any atom is 0.319 e. The molecule has 1 fully saturated rings. The molecule has 104 valence electrons. The van der Waals surface area contributed by atoms with Crippen LogP contribution in [0.5, 0.6) is 0 Å². The second-order valence-corrected chi connectivity index (χ2v) is 4.16. The number of halogens is 2. The first kappa shape index (κ1) is 13.7. The average Bonchev–Trinajstić information content (AvgIpc) is 2.41. The summed E-state index contributed by atoms with van der Waals surface area (Å²) in [5, 5.41) is 8.00. The van der Waals surface area contributed by atoms with Crippen molar-refractivity contribution < 1.29 is 18.3 Å². The van der Waals surface area contributed by atoms with Crippen LogP contribution >= 0.6 is 0 Å². The number of urea groups is 1. The van der Waals surface area contributed by atoms with Gasteiger partial charge in [0, 0.05) is 25.7 Å². The van der Waals surface area contributed by atoms with E-state index in [2.05, 4.69) is 16.0 Å². The summed E-state index contributed by atoms with van der Waals surface area (Å²) >= 11 is 0. The molecule has 2 amide bonds. The monoisotopic (exact) mass is 271 g/mol. The van der Waals surface area contributed by atoms with E-state index in [-0.39, 0.29) is 11.8 Å². The molecule has 1 atom stereocenters. The summed E-state index contributed by atoms with van der Waals surface area (Å²) in [4.78, 5) is 11.5. The number of amides is 2. The maximum absolute atomic E-state index is 13.3. The van der Waals surface area contributed by atoms with Crippen molar-refractivity contribution in [2.24, 2.45) is 0 Å². The molecule has 7 heteroatoms. The highest BCUT2D eigenvalue weighted by Crippen LogP contribution is 2.14. The van der Waals surface area contributed by atoms with Crippen LogP contribution in [0.4, 0.5) is 19.3 Å². The summed E-state index contributed by atoms with van der Waals surface area (Å²) in [6.45, 7) is 2.37. The summed E-state index contributed by atoms with van der Waals surface area (Å²) in [7, 11) is 0. The fraction of sp³-hybridized carbons (Fsp3) is 0.417. The predicted octanol–water partition coefficient (Wildman–Crippen LogP) is 1.07. The van der Waals surface area contributed by atoms with Crippen molar-refractivity contribution in [3.8, 4) is 0 Å². The van der Waals surface area contributed by atoms with Gasteiger partial charge in [-0.05, 0) is 12.1 Å². The van der Waals surface area contributed by atoms with Crippen LogP contribution in [0.1, 0.15) is 0 Å². The van der Waals surface area contributed by atoms with Crippen molar-refractivity contribution in [1.29, 1.82) is 0 Å². The van der Waals surface area contributed by atoms with E-state index in [9.17, 15) is 13.6 Å². The molecule has 19 heavy (non-hydrogen) atoms. The van der Waals surface area contributed by atoms with Crippen molar-refractivity contribution in [3.05, 3.63) is 29.8 Å². The second kappa shape index (κ2) is 6.44. The zero-order valence-corrected chi connectivity index (χ0v) is 10.2. The highest BCUT2D eigenvalue weighted by Gasteiger charge is 2.14. The molecular formula is C12H15F2N3O2. The SMILES string of the molecule is O=C(NCC1CNCCO1)Nc1ccc(F)cc1F. The van der Waals surface area contributed by atoms with Gasteiger partial charge in [0.25, 0.3) is 0 Å². The Hall–Kier alpha value is -1.73. The number of hydrogen-bond acceptors (Lipinski definition) is 3. The number of anilines is 1. The molecule has 3 N–H and O–H groups in total. The van der Waals surface area contributed by atoms with Gasteiger partial charge in [-0.1, -0.05) is 0 Å². The molecule has 1 aromatic carbocycles. The molecule has 1 aliphatic rings. The molecule has 0 aliphatic carbocycles. The van der Waals surface area contributed by atoms with Crippen LogP contribution in [-0.4, -0.2) is 38.4 Å². The molecule has 0 spiro atoms. The molecular weight excluding hydrogens is 256 g/mol. The van der Waals surface area contributed by atoms with Gasteiger partial charge in [-0.2, -0.15) is 0 Å². The van der Waals surface area contributed by atoms with Crippen LogP contribution in [0.3, 0.4) is 0 Å². The molecule has 0 saturated carbocycles. The predicted molar refractivity (Wildman–Crippen MR) is 66.0 cm³/mol. The Bertz CT molecular complexity index is 451. The normalized spacial score (nSPS) is 18.9. The van der Waals surface area contributed by atoms with Crippen LogP contribution in [0.15, 0.2) is 18.2 Å². The topological polar surface area (TPSA) is 62.4 Å². The van der Waals surface area contributed by atoms with Crippen molar-refractivity contribution in [3.63, 3.8) is 0 Å². The quantitative estimate of drug-likeness (QED) is 0.770. The molecule has 0 bridgehead atoms. The van der Waals surface area contributed by atoms with Crippen molar-refractivity contribution >= 4 is 11.7 Å². The fourth-order valence-electron chi connectivity index (χ4n) is 1.71. The molecule has 1 saturated heterocycles. The van der Waals surface area contributed by atoms with Gasteiger partial charge in [0.1, 0.15) is 11.6 Å². The molecule has 0 radical (unpaired) electrons. The minimum Gasteiger partial charge on any atom is -0.374 e. The largest absolute Gasteiger partial charge is 0.374 e. The van der Waals surface area contributed by atoms with Gasteiger partial charge in [-0.25, -0.2) is 13.6 Å². The van der Waals surface area contributed by atoms with Crippen LogP contribution in [0.25, 0.3) is 0 Å². The summed E-state index contributed by atoms with van der Waals surface area (Å²) < 4.78 is 31.4. The van der Waals surface area contributed by atoms with Crippen molar-refractivity contribution in [2.75, 3.05) is 31.6 Å². The van der Waals surface area contributed by atoms with Crippen LogP contribution < -0.4 is 16.0 Å². The van der Waals surface area contributed by atoms with E-state index >= 15 is 0 Å². The van der Waals surface area contributed by atoms with Crippen LogP contribution in [0, 0.1) is 11.6 Å². The number of benzene rings is 1. The molecule has 5 nitrogen and oxygen atoms in total. The van der Waals surface area contributed by atoms with Gasteiger partial charge < -0.3 is 20.7 Å². The molecule has 2 rings (SSSR count). The number of hydrogen-bond donors (Lipinski definition) is 3. The second-order valence-electron chi connectivity index (χ2n) is 4.16.